The fourth-order valence-electron chi connectivity index (χ4n) is 3.74. The first-order chi connectivity index (χ1) is 14.9. The SMILES string of the molecule is CCC(CC)C(=O)N1CCC(NC(=NCC(=O)N(C)C)NCCc2ccccc2)CC1. The molecule has 1 aliphatic heterocycles. The van der Waals surface area contributed by atoms with Crippen molar-refractivity contribution in [2.45, 2.75) is 52.0 Å². The Morgan fingerprint density at radius 3 is 2.35 bits per heavy atom. The zero-order chi connectivity index (χ0) is 22.6. The molecule has 0 saturated carbocycles. The van der Waals surface area contributed by atoms with Crippen LogP contribution in [-0.4, -0.2) is 73.9 Å². The number of likely N-dealkylation sites (tertiary alicyclic amines) is 1. The molecule has 1 aliphatic rings. The van der Waals surface area contributed by atoms with Crippen LogP contribution in [0, 0.1) is 5.92 Å². The molecule has 1 aromatic carbocycles. The van der Waals surface area contributed by atoms with Gasteiger partial charge in [0.25, 0.3) is 0 Å². The predicted octanol–water partition coefficient (Wildman–Crippen LogP) is 2.28. The molecule has 0 aliphatic carbocycles. The van der Waals surface area contributed by atoms with Gasteiger partial charge in [-0.25, -0.2) is 4.99 Å². The fraction of sp³-hybridized carbons (Fsp3) is 0.625. The first-order valence-corrected chi connectivity index (χ1v) is 11.5. The molecular formula is C24H39N5O2. The molecule has 0 aromatic heterocycles. The summed E-state index contributed by atoms with van der Waals surface area (Å²) in [5.74, 6) is 1.05. The summed E-state index contributed by atoms with van der Waals surface area (Å²) in [5.41, 5.74) is 1.26. The third-order valence-electron chi connectivity index (χ3n) is 5.90. The molecule has 0 spiro atoms. The summed E-state index contributed by atoms with van der Waals surface area (Å²) in [5, 5.41) is 6.85. The van der Waals surface area contributed by atoms with Crippen LogP contribution in [0.2, 0.25) is 0 Å². The summed E-state index contributed by atoms with van der Waals surface area (Å²) in [6, 6.07) is 10.5. The van der Waals surface area contributed by atoms with Gasteiger partial charge in [0.05, 0.1) is 0 Å². The molecule has 1 aromatic rings. The largest absolute Gasteiger partial charge is 0.356 e. The predicted molar refractivity (Wildman–Crippen MR) is 126 cm³/mol. The van der Waals surface area contributed by atoms with Crippen molar-refractivity contribution in [1.29, 1.82) is 0 Å². The maximum absolute atomic E-state index is 12.6. The maximum Gasteiger partial charge on any atom is 0.243 e. The van der Waals surface area contributed by atoms with Crippen molar-refractivity contribution in [1.82, 2.24) is 20.4 Å². The van der Waals surface area contributed by atoms with Crippen molar-refractivity contribution >= 4 is 17.8 Å². The van der Waals surface area contributed by atoms with Crippen molar-refractivity contribution < 1.29 is 9.59 Å². The number of carbonyl (C=O) groups excluding carboxylic acids is 2. The topological polar surface area (TPSA) is 77.0 Å². The van der Waals surface area contributed by atoms with Crippen LogP contribution in [0.1, 0.15) is 45.1 Å². The van der Waals surface area contributed by atoms with Gasteiger partial charge in [-0.15, -0.1) is 0 Å². The monoisotopic (exact) mass is 429 g/mol. The third-order valence-corrected chi connectivity index (χ3v) is 5.90. The number of guanidine groups is 1. The molecule has 1 heterocycles. The summed E-state index contributed by atoms with van der Waals surface area (Å²) >= 11 is 0. The molecular weight excluding hydrogens is 390 g/mol. The van der Waals surface area contributed by atoms with Gasteiger partial charge >= 0.3 is 0 Å². The van der Waals surface area contributed by atoms with Gasteiger partial charge in [0, 0.05) is 45.7 Å². The van der Waals surface area contributed by atoms with E-state index in [1.165, 1.54) is 5.56 Å². The van der Waals surface area contributed by atoms with Crippen LogP contribution in [-0.2, 0) is 16.0 Å². The Balaban J connectivity index is 1.90. The van der Waals surface area contributed by atoms with Gasteiger partial charge in [-0.3, -0.25) is 9.59 Å². The molecule has 2 amide bonds. The van der Waals surface area contributed by atoms with Crippen molar-refractivity contribution in [2.24, 2.45) is 10.9 Å². The zero-order valence-corrected chi connectivity index (χ0v) is 19.6. The second-order valence-electron chi connectivity index (χ2n) is 8.37. The Morgan fingerprint density at radius 2 is 1.77 bits per heavy atom. The van der Waals surface area contributed by atoms with Gasteiger partial charge in [0.15, 0.2) is 5.96 Å². The fourth-order valence-corrected chi connectivity index (χ4v) is 3.74. The van der Waals surface area contributed by atoms with Crippen LogP contribution in [0.3, 0.4) is 0 Å². The lowest BCUT2D eigenvalue weighted by Crippen LogP contribution is -2.51. The number of aliphatic imine (C=N–C) groups is 1. The van der Waals surface area contributed by atoms with E-state index in [2.05, 4.69) is 41.6 Å². The first kappa shape index (κ1) is 24.7. The summed E-state index contributed by atoms with van der Waals surface area (Å²) in [7, 11) is 3.47. The molecule has 0 unspecified atom stereocenters. The summed E-state index contributed by atoms with van der Waals surface area (Å²) in [6.45, 7) is 6.54. The molecule has 0 bridgehead atoms. The third kappa shape index (κ3) is 8.23. The van der Waals surface area contributed by atoms with E-state index < -0.39 is 0 Å². The number of carbonyl (C=O) groups is 2. The minimum absolute atomic E-state index is 0.0326. The molecule has 2 rings (SSSR count). The number of nitrogens with zero attached hydrogens (tertiary/aromatic N) is 3. The second kappa shape index (κ2) is 13.0. The highest BCUT2D eigenvalue weighted by Crippen LogP contribution is 2.17. The van der Waals surface area contributed by atoms with E-state index in [9.17, 15) is 9.59 Å². The highest BCUT2D eigenvalue weighted by Gasteiger charge is 2.26. The quantitative estimate of drug-likeness (QED) is 0.466. The van der Waals surface area contributed by atoms with Crippen LogP contribution < -0.4 is 10.6 Å². The summed E-state index contributed by atoms with van der Waals surface area (Å²) in [4.78, 5) is 32.7. The minimum atomic E-state index is -0.0326. The number of benzene rings is 1. The van der Waals surface area contributed by atoms with Crippen LogP contribution >= 0.6 is 0 Å². The number of hydrogen-bond donors (Lipinski definition) is 2. The Morgan fingerprint density at radius 1 is 1.13 bits per heavy atom. The Kier molecular flexibility index (Phi) is 10.3. The highest BCUT2D eigenvalue weighted by molar-refractivity contribution is 5.85. The summed E-state index contributed by atoms with van der Waals surface area (Å²) in [6.07, 6.45) is 4.44. The standard InChI is InChI=1S/C24H39N5O2/c1-5-20(6-2)23(31)29-16-13-21(14-17-29)27-24(26-18-22(30)28(3)4)25-15-12-19-10-8-7-9-11-19/h7-11,20-21H,5-6,12-18H2,1-4H3,(H2,25,26,27). The van der Waals surface area contributed by atoms with E-state index in [0.29, 0.717) is 5.96 Å². The smallest absolute Gasteiger partial charge is 0.243 e. The van der Waals surface area contributed by atoms with E-state index >= 15 is 0 Å². The molecule has 1 fully saturated rings. The van der Waals surface area contributed by atoms with Crippen LogP contribution in [0.4, 0.5) is 0 Å². The van der Waals surface area contributed by atoms with Gasteiger partial charge in [-0.2, -0.15) is 0 Å². The number of piperidine rings is 1. The molecule has 0 radical (unpaired) electrons. The number of likely N-dealkylation sites (N-methyl/N-ethyl adjacent to an activating group) is 1. The molecule has 7 nitrogen and oxygen atoms in total. The number of hydrogen-bond acceptors (Lipinski definition) is 3. The normalized spacial score (nSPS) is 15.1. The van der Waals surface area contributed by atoms with Crippen molar-refractivity contribution in [3.63, 3.8) is 0 Å². The first-order valence-electron chi connectivity index (χ1n) is 11.5. The molecule has 172 valence electrons. The molecule has 2 N–H and O–H groups in total. The lowest BCUT2D eigenvalue weighted by molar-refractivity contribution is -0.136. The Labute approximate surface area is 187 Å². The van der Waals surface area contributed by atoms with Crippen molar-refractivity contribution in [2.75, 3.05) is 40.3 Å². The Bertz CT molecular complexity index is 708. The van der Waals surface area contributed by atoms with Crippen LogP contribution in [0.25, 0.3) is 0 Å². The lowest BCUT2D eigenvalue weighted by Gasteiger charge is -2.35. The molecule has 31 heavy (non-hydrogen) atoms. The number of amides is 2. The van der Waals surface area contributed by atoms with E-state index in [0.717, 1.165) is 51.7 Å². The number of rotatable bonds is 9. The minimum Gasteiger partial charge on any atom is -0.356 e. The summed E-state index contributed by atoms with van der Waals surface area (Å²) < 4.78 is 0. The van der Waals surface area contributed by atoms with Gasteiger partial charge in [0.1, 0.15) is 6.54 Å². The average molecular weight is 430 g/mol. The van der Waals surface area contributed by atoms with Gasteiger partial charge in [0.2, 0.25) is 11.8 Å². The maximum atomic E-state index is 12.6. The zero-order valence-electron chi connectivity index (χ0n) is 19.6. The molecule has 7 heteroatoms. The van der Waals surface area contributed by atoms with Crippen molar-refractivity contribution in [3.05, 3.63) is 35.9 Å². The van der Waals surface area contributed by atoms with Gasteiger partial charge in [-0.1, -0.05) is 44.2 Å². The average Bonchev–Trinajstić information content (AvgIpc) is 2.79. The van der Waals surface area contributed by atoms with Gasteiger partial charge in [-0.05, 0) is 37.7 Å². The lowest BCUT2D eigenvalue weighted by atomic mass is 9.98. The van der Waals surface area contributed by atoms with Crippen molar-refractivity contribution in [3.8, 4) is 0 Å². The van der Waals surface area contributed by atoms with Crippen LogP contribution in [0.15, 0.2) is 35.3 Å². The molecule has 1 saturated heterocycles. The van der Waals surface area contributed by atoms with Gasteiger partial charge < -0.3 is 20.4 Å². The highest BCUT2D eigenvalue weighted by atomic mass is 16.2. The van der Waals surface area contributed by atoms with Crippen LogP contribution in [0.5, 0.6) is 0 Å². The number of nitrogens with one attached hydrogen (secondary N) is 2. The Hall–Kier alpha value is -2.57. The van der Waals surface area contributed by atoms with E-state index in [1.807, 2.05) is 23.1 Å². The second-order valence-corrected chi connectivity index (χ2v) is 8.37. The van der Waals surface area contributed by atoms with E-state index in [4.69, 9.17) is 0 Å². The van der Waals surface area contributed by atoms with E-state index in [-0.39, 0.29) is 30.3 Å². The molecule has 0 atom stereocenters. The van der Waals surface area contributed by atoms with E-state index in [1.54, 1.807) is 19.0 Å².